The lowest BCUT2D eigenvalue weighted by Crippen LogP contribution is -2.35. The van der Waals surface area contributed by atoms with Crippen molar-refractivity contribution >= 4 is 23.3 Å². The molecule has 22 heavy (non-hydrogen) atoms. The molecule has 1 saturated heterocycles. The maximum atomic E-state index is 13.7. The highest BCUT2D eigenvalue weighted by Crippen LogP contribution is 2.49. The molecule has 1 fully saturated rings. The molecule has 0 bridgehead atoms. The molecule has 118 valence electrons. The topological polar surface area (TPSA) is 33.2 Å². The highest BCUT2D eigenvalue weighted by molar-refractivity contribution is 7.72. The van der Waals surface area contributed by atoms with Crippen molar-refractivity contribution < 1.29 is 8.96 Å². The SMILES string of the molecule is CC(C)c1ccc2nc(F)ccc2c1P1(=O)CCN(C)CC1. The van der Waals surface area contributed by atoms with Crippen LogP contribution in [0.15, 0.2) is 24.3 Å². The Balaban J connectivity index is 2.25. The Kier molecular flexibility index (Phi) is 4.09. The molecule has 1 aromatic heterocycles. The van der Waals surface area contributed by atoms with Crippen LogP contribution in [0.25, 0.3) is 10.9 Å². The highest BCUT2D eigenvalue weighted by atomic mass is 31.2. The maximum absolute atomic E-state index is 13.7. The fourth-order valence-electron chi connectivity index (χ4n) is 3.21. The summed E-state index contributed by atoms with van der Waals surface area (Å²) in [6, 6.07) is 6.95. The summed E-state index contributed by atoms with van der Waals surface area (Å²) in [5, 5.41) is 1.81. The molecule has 2 heterocycles. The number of fused-ring (bicyclic) bond motifs is 1. The zero-order valence-electron chi connectivity index (χ0n) is 13.3. The van der Waals surface area contributed by atoms with Gasteiger partial charge >= 0.3 is 0 Å². The van der Waals surface area contributed by atoms with Crippen molar-refractivity contribution in [3.05, 3.63) is 35.8 Å². The van der Waals surface area contributed by atoms with Crippen LogP contribution in [0.2, 0.25) is 0 Å². The van der Waals surface area contributed by atoms with Gasteiger partial charge in [0.1, 0.15) is 7.14 Å². The van der Waals surface area contributed by atoms with Gasteiger partial charge in [0, 0.05) is 36.1 Å². The second-order valence-electron chi connectivity index (χ2n) is 6.50. The number of nitrogens with zero attached hydrogens (tertiary/aromatic N) is 2. The highest BCUT2D eigenvalue weighted by Gasteiger charge is 2.33. The first-order valence-corrected chi connectivity index (χ1v) is 9.85. The van der Waals surface area contributed by atoms with Gasteiger partial charge in [-0.15, -0.1) is 0 Å². The molecular formula is C17H22FN2OP. The lowest BCUT2D eigenvalue weighted by atomic mass is 10.0. The van der Waals surface area contributed by atoms with E-state index in [4.69, 9.17) is 0 Å². The Morgan fingerprint density at radius 1 is 1.18 bits per heavy atom. The number of aromatic nitrogens is 1. The lowest BCUT2D eigenvalue weighted by Gasteiger charge is -2.32. The molecule has 1 aromatic carbocycles. The molecule has 0 atom stereocenters. The van der Waals surface area contributed by atoms with Gasteiger partial charge in [-0.1, -0.05) is 19.9 Å². The predicted molar refractivity (Wildman–Crippen MR) is 90.3 cm³/mol. The average molecular weight is 320 g/mol. The first-order valence-electron chi connectivity index (χ1n) is 7.77. The van der Waals surface area contributed by atoms with Crippen LogP contribution >= 0.6 is 7.14 Å². The Hall–Kier alpha value is -1.25. The van der Waals surface area contributed by atoms with E-state index < -0.39 is 13.1 Å². The second-order valence-corrected chi connectivity index (χ2v) is 9.62. The van der Waals surface area contributed by atoms with Crippen LogP contribution in [-0.2, 0) is 4.57 Å². The van der Waals surface area contributed by atoms with Gasteiger partial charge in [-0.3, -0.25) is 0 Å². The van der Waals surface area contributed by atoms with Gasteiger partial charge in [0.05, 0.1) is 5.52 Å². The van der Waals surface area contributed by atoms with Crippen LogP contribution in [0, 0.1) is 5.95 Å². The summed E-state index contributed by atoms with van der Waals surface area (Å²) in [4.78, 5) is 6.20. The quantitative estimate of drug-likeness (QED) is 0.628. The number of halogens is 1. The first kappa shape index (κ1) is 15.6. The fraction of sp³-hybridized carbons (Fsp3) is 0.471. The van der Waals surface area contributed by atoms with Gasteiger partial charge in [0.15, 0.2) is 0 Å². The molecule has 2 aromatic rings. The third-order valence-electron chi connectivity index (χ3n) is 4.56. The van der Waals surface area contributed by atoms with Crippen molar-refractivity contribution in [3.8, 4) is 0 Å². The standard InChI is InChI=1S/C17H22FN2OP/c1-12(2)13-4-6-15-14(5-7-16(18)19-15)17(13)22(21)10-8-20(3)9-11-22/h4-7,12H,8-11H2,1-3H3. The number of benzene rings is 1. The van der Waals surface area contributed by atoms with E-state index in [0.717, 1.165) is 29.3 Å². The molecule has 3 rings (SSSR count). The summed E-state index contributed by atoms with van der Waals surface area (Å²) in [6.45, 7) is 5.92. The summed E-state index contributed by atoms with van der Waals surface area (Å²) in [6.07, 6.45) is 1.39. The van der Waals surface area contributed by atoms with Crippen molar-refractivity contribution in [3.63, 3.8) is 0 Å². The Bertz CT molecular complexity index is 748. The van der Waals surface area contributed by atoms with Crippen molar-refractivity contribution in [2.45, 2.75) is 19.8 Å². The second kappa shape index (κ2) is 5.75. The van der Waals surface area contributed by atoms with Crippen molar-refractivity contribution in [1.82, 2.24) is 9.88 Å². The van der Waals surface area contributed by atoms with E-state index in [9.17, 15) is 8.96 Å². The Labute approximate surface area is 130 Å². The zero-order valence-corrected chi connectivity index (χ0v) is 14.2. The Morgan fingerprint density at radius 2 is 1.86 bits per heavy atom. The predicted octanol–water partition coefficient (Wildman–Crippen LogP) is 3.43. The molecule has 0 N–H and O–H groups in total. The summed E-state index contributed by atoms with van der Waals surface area (Å²) < 4.78 is 27.1. The number of rotatable bonds is 2. The van der Waals surface area contributed by atoms with E-state index in [1.54, 1.807) is 6.07 Å². The van der Waals surface area contributed by atoms with Gasteiger partial charge in [0.2, 0.25) is 5.95 Å². The third kappa shape index (κ3) is 2.70. The monoisotopic (exact) mass is 320 g/mol. The Morgan fingerprint density at radius 3 is 2.50 bits per heavy atom. The number of pyridine rings is 1. The van der Waals surface area contributed by atoms with Gasteiger partial charge in [0.25, 0.3) is 0 Å². The number of hydrogen-bond donors (Lipinski definition) is 0. The summed E-state index contributed by atoms with van der Waals surface area (Å²) >= 11 is 0. The molecule has 0 aliphatic carbocycles. The average Bonchev–Trinajstić information content (AvgIpc) is 2.49. The summed E-state index contributed by atoms with van der Waals surface area (Å²) in [7, 11) is -0.397. The minimum Gasteiger partial charge on any atom is -0.318 e. The molecule has 5 heteroatoms. The van der Waals surface area contributed by atoms with E-state index in [0.29, 0.717) is 17.8 Å². The molecule has 0 radical (unpaired) electrons. The molecule has 0 spiro atoms. The number of hydrogen-bond acceptors (Lipinski definition) is 3. The van der Waals surface area contributed by atoms with Crippen molar-refractivity contribution in [1.29, 1.82) is 0 Å². The first-order chi connectivity index (χ1) is 10.4. The molecule has 0 unspecified atom stereocenters. The van der Waals surface area contributed by atoms with E-state index in [1.165, 1.54) is 6.07 Å². The van der Waals surface area contributed by atoms with Crippen LogP contribution in [0.4, 0.5) is 4.39 Å². The minimum absolute atomic E-state index is 0.287. The van der Waals surface area contributed by atoms with Gasteiger partial charge in [-0.2, -0.15) is 4.39 Å². The zero-order chi connectivity index (χ0) is 15.9. The van der Waals surface area contributed by atoms with Crippen LogP contribution < -0.4 is 5.30 Å². The van der Waals surface area contributed by atoms with Crippen LogP contribution in [0.1, 0.15) is 25.3 Å². The van der Waals surface area contributed by atoms with E-state index >= 15 is 0 Å². The normalized spacial score (nSPS) is 19.0. The maximum Gasteiger partial charge on any atom is 0.213 e. The molecule has 1 aliphatic rings. The van der Waals surface area contributed by atoms with Crippen LogP contribution in [-0.4, -0.2) is 42.3 Å². The molecule has 0 saturated carbocycles. The van der Waals surface area contributed by atoms with E-state index in [-0.39, 0.29) is 5.92 Å². The molecule has 3 nitrogen and oxygen atoms in total. The summed E-state index contributed by atoms with van der Waals surface area (Å²) in [5.41, 5.74) is 1.72. The summed E-state index contributed by atoms with van der Waals surface area (Å²) in [5.74, 6) is -0.202. The van der Waals surface area contributed by atoms with Crippen molar-refractivity contribution in [2.24, 2.45) is 0 Å². The van der Waals surface area contributed by atoms with E-state index in [2.05, 4.69) is 30.8 Å². The molecule has 1 aliphatic heterocycles. The van der Waals surface area contributed by atoms with Gasteiger partial charge in [-0.05, 0) is 36.7 Å². The van der Waals surface area contributed by atoms with Crippen molar-refractivity contribution in [2.75, 3.05) is 32.5 Å². The molecular weight excluding hydrogens is 298 g/mol. The van der Waals surface area contributed by atoms with Crippen LogP contribution in [0.3, 0.4) is 0 Å². The molecule has 0 amide bonds. The van der Waals surface area contributed by atoms with E-state index in [1.807, 2.05) is 12.1 Å². The third-order valence-corrected chi connectivity index (χ3v) is 7.71. The lowest BCUT2D eigenvalue weighted by molar-refractivity contribution is 0.361. The fourth-order valence-corrected chi connectivity index (χ4v) is 6.64. The van der Waals surface area contributed by atoms with Crippen LogP contribution in [0.5, 0.6) is 0 Å². The van der Waals surface area contributed by atoms with Gasteiger partial charge < -0.3 is 9.46 Å². The smallest absolute Gasteiger partial charge is 0.213 e. The largest absolute Gasteiger partial charge is 0.318 e. The minimum atomic E-state index is -2.46. The van der Waals surface area contributed by atoms with Gasteiger partial charge in [-0.25, -0.2) is 4.98 Å².